The summed E-state index contributed by atoms with van der Waals surface area (Å²) in [5, 5.41) is 26.9. The average molecular weight is 587 g/mol. The van der Waals surface area contributed by atoms with Gasteiger partial charge in [-0.25, -0.2) is 10.6 Å². The number of carbonyl (C=O) groups excluding carboxylic acids is 1. The van der Waals surface area contributed by atoms with Crippen LogP contribution in [0.2, 0.25) is 5.02 Å². The lowest BCUT2D eigenvalue weighted by Gasteiger charge is -2.32. The molecule has 1 aliphatic rings. The number of hydrogen-bond donors (Lipinski definition) is 6. The summed E-state index contributed by atoms with van der Waals surface area (Å²) in [5.41, 5.74) is 6.53. The van der Waals surface area contributed by atoms with Gasteiger partial charge in [0.15, 0.2) is 0 Å². The number of nitrogens with zero attached hydrogens (tertiary/aromatic N) is 3. The van der Waals surface area contributed by atoms with Crippen LogP contribution in [0.15, 0.2) is 64.8 Å². The number of thioether (sulfide) groups is 1. The van der Waals surface area contributed by atoms with Gasteiger partial charge in [0.1, 0.15) is 12.1 Å². The number of rotatable bonds is 11. The van der Waals surface area contributed by atoms with E-state index in [0.717, 1.165) is 16.8 Å². The molecule has 40 heavy (non-hydrogen) atoms. The van der Waals surface area contributed by atoms with Crippen LogP contribution in [0.3, 0.4) is 0 Å². The van der Waals surface area contributed by atoms with E-state index in [1.807, 2.05) is 37.4 Å². The summed E-state index contributed by atoms with van der Waals surface area (Å²) in [5.74, 6) is 11.9. The molecular formula is C27H35ClN8O3S. The minimum atomic E-state index is -1.39. The Kier molecular flexibility index (Phi) is 11.0. The minimum Gasteiger partial charge on any atom is -0.453 e. The Morgan fingerprint density at radius 2 is 2.10 bits per heavy atom. The van der Waals surface area contributed by atoms with Crippen LogP contribution in [0, 0.1) is 0 Å². The van der Waals surface area contributed by atoms with E-state index >= 15 is 0 Å². The molecule has 3 unspecified atom stereocenters. The Labute approximate surface area is 243 Å². The molecule has 8 N–H and O–H groups in total. The molecule has 1 heterocycles. The number of halogens is 1. The second-order valence-corrected chi connectivity index (χ2v) is 10.5. The smallest absolute Gasteiger partial charge is 0.411 e. The quantitative estimate of drug-likeness (QED) is 0.0759. The number of hydrogen-bond acceptors (Lipinski definition) is 10. The first-order chi connectivity index (χ1) is 19.1. The molecule has 0 radical (unpaired) electrons. The van der Waals surface area contributed by atoms with Gasteiger partial charge in [0, 0.05) is 33.6 Å². The molecule has 0 fully saturated rings. The lowest BCUT2D eigenvalue weighted by molar-refractivity contribution is 0.0600. The van der Waals surface area contributed by atoms with Crippen LogP contribution in [0.5, 0.6) is 0 Å². The van der Waals surface area contributed by atoms with E-state index in [0.29, 0.717) is 27.7 Å². The topological polar surface area (TPSA) is 163 Å². The molecule has 0 bridgehead atoms. The van der Waals surface area contributed by atoms with Crippen molar-refractivity contribution in [2.24, 2.45) is 21.9 Å². The molecule has 3 rings (SSSR count). The van der Waals surface area contributed by atoms with Crippen LogP contribution >= 0.6 is 23.4 Å². The normalized spacial score (nSPS) is 17.5. The van der Waals surface area contributed by atoms with Gasteiger partial charge in [-0.15, -0.1) is 0 Å². The van der Waals surface area contributed by atoms with Gasteiger partial charge in [-0.1, -0.05) is 29.8 Å². The van der Waals surface area contributed by atoms with E-state index in [1.54, 1.807) is 49.0 Å². The van der Waals surface area contributed by atoms with E-state index in [9.17, 15) is 9.90 Å². The summed E-state index contributed by atoms with van der Waals surface area (Å²) < 4.78 is 4.66. The van der Waals surface area contributed by atoms with Gasteiger partial charge >= 0.3 is 6.09 Å². The van der Waals surface area contributed by atoms with Crippen LogP contribution in [-0.2, 0) is 4.74 Å². The maximum absolute atomic E-state index is 11.5. The third-order valence-corrected chi connectivity index (χ3v) is 6.82. The summed E-state index contributed by atoms with van der Waals surface area (Å²) in [6, 6.07) is 12.2. The summed E-state index contributed by atoms with van der Waals surface area (Å²) in [6.07, 6.45) is 8.19. The molecule has 3 atom stereocenters. The van der Waals surface area contributed by atoms with Crippen molar-refractivity contribution in [2.75, 3.05) is 29.4 Å². The van der Waals surface area contributed by atoms with E-state index in [1.165, 1.54) is 18.5 Å². The first-order valence-corrected chi connectivity index (χ1v) is 14.1. The van der Waals surface area contributed by atoms with Crippen LogP contribution in [0.1, 0.15) is 25.0 Å². The number of anilines is 2. The van der Waals surface area contributed by atoms with Crippen LogP contribution in [0.25, 0.3) is 11.6 Å². The Bertz CT molecular complexity index is 1300. The number of aliphatic hydroxyl groups is 1. The van der Waals surface area contributed by atoms with Gasteiger partial charge in [0.05, 0.1) is 24.6 Å². The molecule has 0 saturated heterocycles. The first-order valence-electron chi connectivity index (χ1n) is 12.3. The van der Waals surface area contributed by atoms with E-state index in [4.69, 9.17) is 23.3 Å². The van der Waals surface area contributed by atoms with Crippen molar-refractivity contribution in [1.29, 1.82) is 0 Å². The second-order valence-electron chi connectivity index (χ2n) is 9.21. The Hall–Kier alpha value is -3.55. The fourth-order valence-corrected chi connectivity index (χ4v) is 4.75. The lowest BCUT2D eigenvalue weighted by Crippen LogP contribution is -2.53. The number of nitrogens with two attached hydrogens (primary N) is 2. The highest BCUT2D eigenvalue weighted by molar-refractivity contribution is 7.99. The first kappa shape index (κ1) is 31.0. The van der Waals surface area contributed by atoms with E-state index in [-0.39, 0.29) is 12.1 Å². The Morgan fingerprint density at radius 1 is 1.38 bits per heavy atom. The van der Waals surface area contributed by atoms with Gasteiger partial charge in [-0.2, -0.15) is 22.0 Å². The van der Waals surface area contributed by atoms with Gasteiger partial charge in [-0.05, 0) is 68.2 Å². The zero-order chi connectivity index (χ0) is 29.3. The maximum Gasteiger partial charge on any atom is 0.411 e. The molecule has 0 saturated carbocycles. The summed E-state index contributed by atoms with van der Waals surface area (Å²) in [6.45, 7) is 3.60. The summed E-state index contributed by atoms with van der Waals surface area (Å²) in [7, 11) is 1.32. The van der Waals surface area contributed by atoms with Crippen molar-refractivity contribution >= 4 is 64.5 Å². The highest BCUT2D eigenvalue weighted by atomic mass is 35.5. The molecule has 2 aromatic rings. The molecule has 0 spiro atoms. The molecule has 0 aromatic heterocycles. The van der Waals surface area contributed by atoms with Crippen LogP contribution in [0.4, 0.5) is 16.2 Å². The van der Waals surface area contributed by atoms with Crippen molar-refractivity contribution in [3.8, 4) is 0 Å². The van der Waals surface area contributed by atoms with Gasteiger partial charge in [-0.3, -0.25) is 15.6 Å². The summed E-state index contributed by atoms with van der Waals surface area (Å²) in [4.78, 5) is 11.5. The number of hydrazine groups is 1. The Balaban J connectivity index is 1.79. The number of carbonyl (C=O) groups is 1. The molecule has 214 valence electrons. The zero-order valence-corrected chi connectivity index (χ0v) is 24.3. The van der Waals surface area contributed by atoms with Crippen molar-refractivity contribution in [3.63, 3.8) is 0 Å². The third-order valence-electron chi connectivity index (χ3n) is 6.02. The van der Waals surface area contributed by atoms with Gasteiger partial charge in [0.2, 0.25) is 0 Å². The average Bonchev–Trinajstić information content (AvgIpc) is 2.92. The number of benzene rings is 2. The Morgan fingerprint density at radius 3 is 2.75 bits per heavy atom. The predicted molar refractivity (Wildman–Crippen MR) is 166 cm³/mol. The van der Waals surface area contributed by atoms with Gasteiger partial charge in [0.25, 0.3) is 0 Å². The molecule has 1 aliphatic heterocycles. The zero-order valence-electron chi connectivity index (χ0n) is 22.8. The van der Waals surface area contributed by atoms with Crippen molar-refractivity contribution in [3.05, 3.63) is 70.8 Å². The second kappa shape index (κ2) is 14.2. The molecular weight excluding hydrogens is 552 g/mol. The standard InChI is InChI=1S/C27H35ClN8O3S/c1-17(33-27(2,38)12-11-19-13-20(28)7-10-25(19)36(30)16-31-29)23-14-22(24(15-40-4)35-34-23)18-5-8-21(9-6-18)32-26(37)39-3/h5-14,16-17,23,33-34,38H,15,29-30H2,1-4H3,(H,32,37)/b12-11+,31-16-. The van der Waals surface area contributed by atoms with Crippen molar-refractivity contribution < 1.29 is 14.6 Å². The third kappa shape index (κ3) is 8.47. The molecule has 2 aromatic carbocycles. The van der Waals surface area contributed by atoms with Crippen LogP contribution in [-0.4, -0.2) is 60.2 Å². The summed E-state index contributed by atoms with van der Waals surface area (Å²) >= 11 is 7.85. The van der Waals surface area contributed by atoms with E-state index < -0.39 is 11.8 Å². The fourth-order valence-electron chi connectivity index (χ4n) is 4.07. The number of methoxy groups -OCH3 is 1. The number of hydrazone groups is 2. The lowest BCUT2D eigenvalue weighted by atomic mass is 9.95. The van der Waals surface area contributed by atoms with Crippen molar-refractivity contribution in [1.82, 2.24) is 10.7 Å². The van der Waals surface area contributed by atoms with Crippen molar-refractivity contribution in [2.45, 2.75) is 31.7 Å². The van der Waals surface area contributed by atoms with E-state index in [2.05, 4.69) is 37.1 Å². The predicted octanol–water partition coefficient (Wildman–Crippen LogP) is 3.57. The van der Waals surface area contributed by atoms with Gasteiger partial charge < -0.3 is 21.1 Å². The largest absolute Gasteiger partial charge is 0.453 e. The monoisotopic (exact) mass is 586 g/mol. The molecule has 0 aliphatic carbocycles. The van der Waals surface area contributed by atoms with Crippen LogP contribution < -0.4 is 32.8 Å². The highest BCUT2D eigenvalue weighted by Crippen LogP contribution is 2.26. The maximum atomic E-state index is 11.5. The number of allylic oxidation sites excluding steroid dienone is 1. The number of ether oxygens (including phenoxy) is 1. The SMILES string of the molecule is COC(=O)Nc1ccc(C2=CC(C(C)NC(C)(O)/C=C/c3cc(Cl)ccc3N(N)/C=N\N)NN=C2CSC)cc1. The number of nitrogens with one attached hydrogen (secondary N) is 3. The molecule has 13 heteroatoms. The minimum absolute atomic E-state index is 0.226. The molecule has 11 nitrogen and oxygen atoms in total. The fraction of sp³-hybridized carbons (Fsp3) is 0.296. The highest BCUT2D eigenvalue weighted by Gasteiger charge is 2.27. The molecule has 1 amide bonds. The number of amides is 1.